The van der Waals surface area contributed by atoms with E-state index in [-0.39, 0.29) is 11.1 Å². The number of aromatic amines is 1. The quantitative estimate of drug-likeness (QED) is 0.850. The first-order valence-corrected chi connectivity index (χ1v) is 6.69. The molecule has 1 aromatic carbocycles. The van der Waals surface area contributed by atoms with Crippen LogP contribution in [0, 0.1) is 6.92 Å². The highest BCUT2D eigenvalue weighted by Crippen LogP contribution is 2.14. The largest absolute Gasteiger partial charge is 0.465 e. The number of amides is 1. The first kappa shape index (κ1) is 15.8. The highest BCUT2D eigenvalue weighted by molar-refractivity contribution is 6.30. The predicted octanol–water partition coefficient (Wildman–Crippen LogP) is 2.38. The van der Waals surface area contributed by atoms with E-state index in [2.05, 4.69) is 15.0 Å². The fourth-order valence-corrected chi connectivity index (χ4v) is 1.97. The maximum absolute atomic E-state index is 12.2. The van der Waals surface area contributed by atoms with Crippen molar-refractivity contribution >= 4 is 29.2 Å². The maximum Gasteiger partial charge on any atom is 0.339 e. The molecule has 2 aromatic rings. The number of halogens is 1. The van der Waals surface area contributed by atoms with E-state index in [0.29, 0.717) is 16.4 Å². The molecule has 0 fully saturated rings. The van der Waals surface area contributed by atoms with Crippen molar-refractivity contribution in [2.75, 3.05) is 12.4 Å². The van der Waals surface area contributed by atoms with Crippen LogP contribution in [0.2, 0.25) is 5.02 Å². The third-order valence-corrected chi connectivity index (χ3v) is 3.24. The standard InChI is InChI=1S/C15H13ClN2O4/c1-8-11(15(21)22-2)7-12(13(19)17-8)14(20)18-10-5-3-9(16)4-6-10/h3-7H,1-2H3,(H,17,19)(H,18,20). The van der Waals surface area contributed by atoms with Crippen LogP contribution in [-0.4, -0.2) is 24.0 Å². The number of hydrogen-bond acceptors (Lipinski definition) is 4. The Morgan fingerprint density at radius 2 is 1.82 bits per heavy atom. The zero-order valence-corrected chi connectivity index (χ0v) is 12.7. The molecule has 1 amide bonds. The lowest BCUT2D eigenvalue weighted by atomic mass is 10.1. The van der Waals surface area contributed by atoms with E-state index in [1.54, 1.807) is 31.2 Å². The van der Waals surface area contributed by atoms with Crippen LogP contribution < -0.4 is 10.9 Å². The molecule has 0 atom stereocenters. The number of aromatic nitrogens is 1. The first-order chi connectivity index (χ1) is 10.4. The Labute approximate surface area is 131 Å². The van der Waals surface area contributed by atoms with Crippen LogP contribution in [-0.2, 0) is 4.74 Å². The second-order valence-corrected chi connectivity index (χ2v) is 4.94. The maximum atomic E-state index is 12.2. The molecule has 7 heteroatoms. The van der Waals surface area contributed by atoms with Gasteiger partial charge in [-0.3, -0.25) is 9.59 Å². The molecule has 0 aliphatic rings. The van der Waals surface area contributed by atoms with Crippen molar-refractivity contribution in [2.45, 2.75) is 6.92 Å². The minimum Gasteiger partial charge on any atom is -0.465 e. The average molecular weight is 321 g/mol. The molecule has 0 saturated carbocycles. The van der Waals surface area contributed by atoms with Crippen LogP contribution in [0.4, 0.5) is 5.69 Å². The van der Waals surface area contributed by atoms with Crippen LogP contribution in [0.5, 0.6) is 0 Å². The second-order valence-electron chi connectivity index (χ2n) is 4.50. The monoisotopic (exact) mass is 320 g/mol. The zero-order valence-electron chi connectivity index (χ0n) is 11.9. The number of carbonyl (C=O) groups is 2. The van der Waals surface area contributed by atoms with Crippen molar-refractivity contribution in [1.29, 1.82) is 0 Å². The molecule has 1 heterocycles. The number of methoxy groups -OCH3 is 1. The number of carbonyl (C=O) groups excluding carboxylic acids is 2. The van der Waals surface area contributed by atoms with Crippen molar-refractivity contribution in [3.63, 3.8) is 0 Å². The van der Waals surface area contributed by atoms with Crippen LogP contribution in [0.3, 0.4) is 0 Å². The lowest BCUT2D eigenvalue weighted by Gasteiger charge is -2.08. The molecule has 0 bridgehead atoms. The number of esters is 1. The molecule has 0 saturated heterocycles. The smallest absolute Gasteiger partial charge is 0.339 e. The lowest BCUT2D eigenvalue weighted by Crippen LogP contribution is -2.25. The van der Waals surface area contributed by atoms with E-state index >= 15 is 0 Å². The van der Waals surface area contributed by atoms with Gasteiger partial charge in [-0.1, -0.05) is 11.6 Å². The third kappa shape index (κ3) is 3.35. The lowest BCUT2D eigenvalue weighted by molar-refractivity contribution is 0.0599. The average Bonchev–Trinajstić information content (AvgIpc) is 2.49. The van der Waals surface area contributed by atoms with E-state index in [1.807, 2.05) is 0 Å². The highest BCUT2D eigenvalue weighted by Gasteiger charge is 2.17. The van der Waals surface area contributed by atoms with Gasteiger partial charge in [0.2, 0.25) is 0 Å². The summed E-state index contributed by atoms with van der Waals surface area (Å²) in [5.74, 6) is -1.26. The van der Waals surface area contributed by atoms with Crippen LogP contribution in [0.1, 0.15) is 26.4 Å². The number of ether oxygens (including phenoxy) is 1. The van der Waals surface area contributed by atoms with Crippen molar-refractivity contribution in [2.24, 2.45) is 0 Å². The number of rotatable bonds is 3. The summed E-state index contributed by atoms with van der Waals surface area (Å²) >= 11 is 5.76. The topological polar surface area (TPSA) is 88.3 Å². The summed E-state index contributed by atoms with van der Waals surface area (Å²) in [6.07, 6.45) is 0. The van der Waals surface area contributed by atoms with Crippen molar-refractivity contribution in [3.05, 3.63) is 62.5 Å². The van der Waals surface area contributed by atoms with Crippen LogP contribution >= 0.6 is 11.6 Å². The Kier molecular flexibility index (Phi) is 4.62. The van der Waals surface area contributed by atoms with E-state index in [0.717, 1.165) is 0 Å². The summed E-state index contributed by atoms with van der Waals surface area (Å²) in [6.45, 7) is 1.55. The first-order valence-electron chi connectivity index (χ1n) is 6.31. The number of benzene rings is 1. The van der Waals surface area contributed by atoms with Gasteiger partial charge in [-0.2, -0.15) is 0 Å². The van der Waals surface area contributed by atoms with E-state index in [1.165, 1.54) is 13.2 Å². The van der Waals surface area contributed by atoms with Gasteiger partial charge in [-0.15, -0.1) is 0 Å². The molecule has 1 aromatic heterocycles. The Morgan fingerprint density at radius 3 is 2.41 bits per heavy atom. The summed E-state index contributed by atoms with van der Waals surface area (Å²) in [5.41, 5.74) is 0.176. The normalized spacial score (nSPS) is 10.1. The van der Waals surface area contributed by atoms with Gasteiger partial charge in [-0.05, 0) is 37.3 Å². The van der Waals surface area contributed by atoms with E-state index in [9.17, 15) is 14.4 Å². The number of hydrogen-bond donors (Lipinski definition) is 2. The molecule has 6 nitrogen and oxygen atoms in total. The molecule has 0 radical (unpaired) electrons. The zero-order chi connectivity index (χ0) is 16.3. The fourth-order valence-electron chi connectivity index (χ4n) is 1.85. The van der Waals surface area contributed by atoms with Crippen molar-refractivity contribution in [3.8, 4) is 0 Å². The summed E-state index contributed by atoms with van der Waals surface area (Å²) < 4.78 is 4.62. The molecular weight excluding hydrogens is 308 g/mol. The Hall–Kier alpha value is -2.60. The Bertz CT molecular complexity index is 781. The number of H-pyrrole nitrogens is 1. The van der Waals surface area contributed by atoms with Crippen LogP contribution in [0.15, 0.2) is 35.1 Å². The van der Waals surface area contributed by atoms with Gasteiger partial charge >= 0.3 is 5.97 Å². The number of nitrogens with one attached hydrogen (secondary N) is 2. The highest BCUT2D eigenvalue weighted by atomic mass is 35.5. The molecule has 114 valence electrons. The minimum absolute atomic E-state index is 0.128. The molecule has 0 aliphatic carbocycles. The molecule has 0 unspecified atom stereocenters. The molecular formula is C15H13ClN2O4. The van der Waals surface area contributed by atoms with E-state index < -0.39 is 17.4 Å². The number of pyridine rings is 1. The summed E-state index contributed by atoms with van der Waals surface area (Å²) in [5, 5.41) is 3.09. The van der Waals surface area contributed by atoms with E-state index in [4.69, 9.17) is 11.6 Å². The van der Waals surface area contributed by atoms with Gasteiger partial charge in [-0.25, -0.2) is 4.79 Å². The number of aryl methyl sites for hydroxylation is 1. The van der Waals surface area contributed by atoms with Crippen molar-refractivity contribution in [1.82, 2.24) is 4.98 Å². The van der Waals surface area contributed by atoms with Gasteiger partial charge < -0.3 is 15.0 Å². The van der Waals surface area contributed by atoms with Gasteiger partial charge in [0.25, 0.3) is 11.5 Å². The summed E-state index contributed by atoms with van der Waals surface area (Å²) in [4.78, 5) is 38.2. The third-order valence-electron chi connectivity index (χ3n) is 2.99. The molecule has 22 heavy (non-hydrogen) atoms. The minimum atomic E-state index is -0.631. The molecule has 0 spiro atoms. The fraction of sp³-hybridized carbons (Fsp3) is 0.133. The van der Waals surface area contributed by atoms with Gasteiger partial charge in [0.1, 0.15) is 5.56 Å². The Morgan fingerprint density at radius 1 is 1.18 bits per heavy atom. The van der Waals surface area contributed by atoms with Crippen molar-refractivity contribution < 1.29 is 14.3 Å². The van der Waals surface area contributed by atoms with Gasteiger partial charge in [0.15, 0.2) is 0 Å². The summed E-state index contributed by atoms with van der Waals surface area (Å²) in [7, 11) is 1.22. The number of anilines is 1. The molecule has 2 N–H and O–H groups in total. The SMILES string of the molecule is COC(=O)c1cc(C(=O)Nc2ccc(Cl)cc2)c(=O)[nH]c1C. The predicted molar refractivity (Wildman–Crippen MR) is 82.5 cm³/mol. The Balaban J connectivity index is 2.35. The summed E-state index contributed by atoms with van der Waals surface area (Å²) in [6, 6.07) is 7.63. The van der Waals surface area contributed by atoms with Gasteiger partial charge in [0.05, 0.1) is 12.7 Å². The second kappa shape index (κ2) is 6.44. The molecule has 0 aliphatic heterocycles. The van der Waals surface area contributed by atoms with Crippen LogP contribution in [0.25, 0.3) is 0 Å². The molecule has 2 rings (SSSR count). The van der Waals surface area contributed by atoms with Gasteiger partial charge in [0, 0.05) is 16.4 Å².